The van der Waals surface area contributed by atoms with Crippen LogP contribution in [0.4, 0.5) is 0 Å². The number of carbonyl (C=O) groups excluding carboxylic acids is 2. The summed E-state index contributed by atoms with van der Waals surface area (Å²) in [6, 6.07) is 8.80. The molecular weight excluding hydrogens is 274 g/mol. The Balaban J connectivity index is 2.72. The molecule has 0 aliphatic rings. The Bertz CT molecular complexity index is 756. The summed E-state index contributed by atoms with van der Waals surface area (Å²) in [5.41, 5.74) is 10.5. The van der Waals surface area contributed by atoms with E-state index < -0.39 is 17.8 Å². The molecule has 7 nitrogen and oxygen atoms in total. The monoisotopic (exact) mass is 285 g/mol. The van der Waals surface area contributed by atoms with Crippen LogP contribution >= 0.6 is 0 Å². The van der Waals surface area contributed by atoms with Gasteiger partial charge < -0.3 is 16.6 Å². The van der Waals surface area contributed by atoms with E-state index in [-0.39, 0.29) is 28.1 Å². The Morgan fingerprint density at radius 2 is 1.57 bits per heavy atom. The van der Waals surface area contributed by atoms with Crippen LogP contribution in [-0.4, -0.2) is 27.9 Å². The Morgan fingerprint density at radius 3 is 2.14 bits per heavy atom. The zero-order valence-corrected chi connectivity index (χ0v) is 10.7. The molecule has 106 valence electrons. The lowest BCUT2D eigenvalue weighted by Gasteiger charge is -2.10. The van der Waals surface area contributed by atoms with Gasteiger partial charge in [-0.2, -0.15) is 0 Å². The van der Waals surface area contributed by atoms with E-state index in [1.54, 1.807) is 12.1 Å². The number of hydrogen-bond donors (Lipinski definition) is 3. The van der Waals surface area contributed by atoms with Gasteiger partial charge in [-0.15, -0.1) is 0 Å². The number of carbonyl (C=O) groups is 3. The summed E-state index contributed by atoms with van der Waals surface area (Å²) in [6.45, 7) is 0. The summed E-state index contributed by atoms with van der Waals surface area (Å²) in [5, 5.41) is 9.19. The third kappa shape index (κ3) is 2.71. The molecule has 0 unspecified atom stereocenters. The molecule has 0 aliphatic carbocycles. The third-order valence-electron chi connectivity index (χ3n) is 2.83. The van der Waals surface area contributed by atoms with E-state index in [1.165, 1.54) is 24.3 Å². The number of carboxylic acids is 1. The minimum atomic E-state index is -1.15. The highest BCUT2D eigenvalue weighted by atomic mass is 16.4. The minimum absolute atomic E-state index is 0.00590. The zero-order valence-electron chi connectivity index (χ0n) is 10.7. The van der Waals surface area contributed by atoms with E-state index >= 15 is 0 Å². The van der Waals surface area contributed by atoms with Crippen molar-refractivity contribution < 1.29 is 19.5 Å². The van der Waals surface area contributed by atoms with Crippen LogP contribution in [0, 0.1) is 0 Å². The van der Waals surface area contributed by atoms with Gasteiger partial charge in [0.1, 0.15) is 11.4 Å². The second kappa shape index (κ2) is 5.41. The molecule has 1 aromatic heterocycles. The molecule has 0 aliphatic heterocycles. The van der Waals surface area contributed by atoms with Crippen molar-refractivity contribution in [2.24, 2.45) is 11.5 Å². The summed E-state index contributed by atoms with van der Waals surface area (Å²) < 4.78 is 0. The molecule has 7 heteroatoms. The molecule has 0 saturated heterocycles. The normalized spacial score (nSPS) is 10.1. The van der Waals surface area contributed by atoms with Crippen molar-refractivity contribution in [3.63, 3.8) is 0 Å². The number of carboxylic acid groups (broad SMARTS) is 1. The second-order valence-corrected chi connectivity index (χ2v) is 4.17. The molecule has 0 saturated carbocycles. The maximum absolute atomic E-state index is 11.5. The molecule has 0 fully saturated rings. The van der Waals surface area contributed by atoms with Gasteiger partial charge in [0.05, 0.1) is 5.56 Å². The largest absolute Gasteiger partial charge is 0.478 e. The number of nitrogens with two attached hydrogens (primary N) is 2. The molecule has 5 N–H and O–H groups in total. The first-order valence-corrected chi connectivity index (χ1v) is 5.85. The van der Waals surface area contributed by atoms with Gasteiger partial charge >= 0.3 is 5.97 Å². The second-order valence-electron chi connectivity index (χ2n) is 4.17. The fraction of sp³-hybridized carbons (Fsp3) is 0. The maximum Gasteiger partial charge on any atom is 0.336 e. The van der Waals surface area contributed by atoms with E-state index in [9.17, 15) is 19.5 Å². The molecule has 2 rings (SSSR count). The minimum Gasteiger partial charge on any atom is -0.478 e. The van der Waals surface area contributed by atoms with Gasteiger partial charge in [0.25, 0.3) is 11.8 Å². The number of aromatic nitrogens is 1. The summed E-state index contributed by atoms with van der Waals surface area (Å²) in [6.07, 6.45) is 0. The van der Waals surface area contributed by atoms with Gasteiger partial charge in [0, 0.05) is 5.56 Å². The number of amides is 2. The molecule has 1 heterocycles. The van der Waals surface area contributed by atoms with Gasteiger partial charge in [-0.1, -0.05) is 18.2 Å². The third-order valence-corrected chi connectivity index (χ3v) is 2.83. The van der Waals surface area contributed by atoms with Crippen LogP contribution < -0.4 is 11.5 Å². The van der Waals surface area contributed by atoms with Gasteiger partial charge in [0.15, 0.2) is 0 Å². The standard InChI is InChI=1S/C14H11N3O4/c15-12(18)10-6-5-8(11(17-10)13(16)19)7-3-1-2-4-9(7)14(20)21/h1-6H,(H2,15,18)(H2,16,19)(H,20,21). The Morgan fingerprint density at radius 1 is 0.905 bits per heavy atom. The summed E-state index contributed by atoms with van der Waals surface area (Å²) in [5.74, 6) is -2.84. The van der Waals surface area contributed by atoms with Crippen LogP contribution in [0.25, 0.3) is 11.1 Å². The Kier molecular flexibility index (Phi) is 3.66. The van der Waals surface area contributed by atoms with Crippen LogP contribution in [0.3, 0.4) is 0 Å². The lowest BCUT2D eigenvalue weighted by atomic mass is 9.97. The van der Waals surface area contributed by atoms with Crippen molar-refractivity contribution in [1.29, 1.82) is 0 Å². The number of nitrogens with zero attached hydrogens (tertiary/aromatic N) is 1. The first-order valence-electron chi connectivity index (χ1n) is 5.85. The molecular formula is C14H11N3O4. The van der Waals surface area contributed by atoms with Crippen LogP contribution in [0.15, 0.2) is 36.4 Å². The molecule has 0 atom stereocenters. The van der Waals surface area contributed by atoms with Crippen molar-refractivity contribution >= 4 is 17.8 Å². The zero-order chi connectivity index (χ0) is 15.6. The van der Waals surface area contributed by atoms with Crippen molar-refractivity contribution in [3.8, 4) is 11.1 Å². The van der Waals surface area contributed by atoms with Gasteiger partial charge in [-0.25, -0.2) is 9.78 Å². The van der Waals surface area contributed by atoms with Crippen LogP contribution in [0.2, 0.25) is 0 Å². The number of benzene rings is 1. The van der Waals surface area contributed by atoms with E-state index in [2.05, 4.69) is 4.98 Å². The van der Waals surface area contributed by atoms with E-state index in [4.69, 9.17) is 11.5 Å². The average Bonchev–Trinajstić information content (AvgIpc) is 2.46. The molecule has 21 heavy (non-hydrogen) atoms. The maximum atomic E-state index is 11.5. The van der Waals surface area contributed by atoms with Crippen molar-refractivity contribution in [2.75, 3.05) is 0 Å². The highest BCUT2D eigenvalue weighted by molar-refractivity contribution is 6.04. The molecule has 2 aromatic rings. The molecule has 0 radical (unpaired) electrons. The SMILES string of the molecule is NC(=O)c1ccc(-c2ccccc2C(=O)O)c(C(N)=O)n1. The first kappa shape index (κ1) is 14.2. The van der Waals surface area contributed by atoms with Gasteiger partial charge in [0.2, 0.25) is 0 Å². The topological polar surface area (TPSA) is 136 Å². The Labute approximate surface area is 119 Å². The lowest BCUT2D eigenvalue weighted by Crippen LogP contribution is -2.20. The fourth-order valence-corrected chi connectivity index (χ4v) is 1.91. The number of pyridine rings is 1. The van der Waals surface area contributed by atoms with E-state index in [0.717, 1.165) is 0 Å². The van der Waals surface area contributed by atoms with Gasteiger partial charge in [-0.3, -0.25) is 9.59 Å². The van der Waals surface area contributed by atoms with Gasteiger partial charge in [-0.05, 0) is 23.8 Å². The van der Waals surface area contributed by atoms with Crippen LogP contribution in [0.5, 0.6) is 0 Å². The molecule has 0 bridgehead atoms. The number of aromatic carboxylic acids is 1. The quantitative estimate of drug-likeness (QED) is 0.757. The highest BCUT2D eigenvalue weighted by Gasteiger charge is 2.19. The molecule has 2 amide bonds. The Hall–Kier alpha value is -3.22. The number of hydrogen-bond acceptors (Lipinski definition) is 4. The predicted molar refractivity (Wildman–Crippen MR) is 73.7 cm³/mol. The van der Waals surface area contributed by atoms with Crippen LogP contribution in [-0.2, 0) is 0 Å². The first-order chi connectivity index (χ1) is 9.91. The summed E-state index contributed by atoms with van der Waals surface area (Å²) in [7, 11) is 0. The fourth-order valence-electron chi connectivity index (χ4n) is 1.91. The number of rotatable bonds is 4. The number of primary amides is 2. The molecule has 1 aromatic carbocycles. The van der Waals surface area contributed by atoms with E-state index in [1.807, 2.05) is 0 Å². The summed E-state index contributed by atoms with van der Waals surface area (Å²) in [4.78, 5) is 37.7. The van der Waals surface area contributed by atoms with Crippen LogP contribution in [0.1, 0.15) is 31.3 Å². The summed E-state index contributed by atoms with van der Waals surface area (Å²) >= 11 is 0. The lowest BCUT2D eigenvalue weighted by molar-refractivity contribution is 0.0697. The van der Waals surface area contributed by atoms with Crippen molar-refractivity contribution in [2.45, 2.75) is 0 Å². The van der Waals surface area contributed by atoms with Crippen molar-refractivity contribution in [1.82, 2.24) is 4.98 Å². The average molecular weight is 285 g/mol. The van der Waals surface area contributed by atoms with E-state index in [0.29, 0.717) is 0 Å². The highest BCUT2D eigenvalue weighted by Crippen LogP contribution is 2.26. The molecule has 0 spiro atoms. The van der Waals surface area contributed by atoms with Crippen molar-refractivity contribution in [3.05, 3.63) is 53.3 Å². The smallest absolute Gasteiger partial charge is 0.336 e. The predicted octanol–water partition coefficient (Wildman–Crippen LogP) is 0.645.